The first-order valence-corrected chi connectivity index (χ1v) is 27.3. The number of hydrogen-bond donors (Lipinski definition) is 7. The highest BCUT2D eigenvalue weighted by atomic mass is 33.1. The van der Waals surface area contributed by atoms with Crippen molar-refractivity contribution in [2.24, 2.45) is 5.92 Å². The highest BCUT2D eigenvalue weighted by molar-refractivity contribution is 8.77. The van der Waals surface area contributed by atoms with Gasteiger partial charge in [-0.15, -0.1) is 5.10 Å². The Kier molecular flexibility index (Phi) is 17.4. The molecule has 3 fully saturated rings. The molecular weight excluding hydrogens is 1020 g/mol. The summed E-state index contributed by atoms with van der Waals surface area (Å²) in [5, 5.41) is 19.9. The summed E-state index contributed by atoms with van der Waals surface area (Å²) in [6, 6.07) is 6.60. The monoisotopic (exact) mass is 1070 g/mol. The van der Waals surface area contributed by atoms with Crippen LogP contribution in [-0.2, 0) is 57.8 Å². The summed E-state index contributed by atoms with van der Waals surface area (Å²) in [4.78, 5) is 80.8. The molecule has 11 atom stereocenters. The molecule has 3 aliphatic rings. The highest BCUT2D eigenvalue weighted by Crippen LogP contribution is 2.53. The number of phosphoric ester groups is 2. The van der Waals surface area contributed by atoms with E-state index in [4.69, 9.17) is 54.5 Å². The summed E-state index contributed by atoms with van der Waals surface area (Å²) < 4.78 is 73.9. The zero-order valence-corrected chi connectivity index (χ0v) is 42.1. The number of nitrogens with zero attached hydrogens (tertiary/aromatic N) is 7. The first-order chi connectivity index (χ1) is 33.5. The SMILES string of the molecule is CN(C(=O)OCc1ccc(N)cc1)[C@H](CSSC(C)(C)C)C(=O)O[C@H]1[C@@H](O)[C@H](n2cnc3c(N)cnnc32)O[C@@H]1COP(=O)(O)O[C@H]1[C@@H](CC2CCCO2)[C@H](n2ccc(N)nc2=O)O[C@@H]1COP(=O)(O)O. The van der Waals surface area contributed by atoms with Gasteiger partial charge >= 0.3 is 33.4 Å². The van der Waals surface area contributed by atoms with Crippen LogP contribution in [-0.4, -0.2) is 146 Å². The second kappa shape index (κ2) is 22.8. The number of anilines is 3. The Morgan fingerprint density at radius 2 is 1.70 bits per heavy atom. The van der Waals surface area contributed by atoms with Crippen LogP contribution in [0.4, 0.5) is 22.0 Å². The number of fused-ring (bicyclic) bond motifs is 1. The number of nitrogens with two attached hydrogens (primary N) is 3. The first kappa shape index (κ1) is 54.3. The molecule has 1 amide bonds. The van der Waals surface area contributed by atoms with Crippen molar-refractivity contribution in [2.45, 2.75) is 107 Å². The number of imidazole rings is 1. The molecule has 3 aromatic heterocycles. The zero-order chi connectivity index (χ0) is 51.4. The fraction of sp³-hybridized carbons (Fsp3) is 0.575. The number of amides is 1. The Balaban J connectivity index is 1.16. The van der Waals surface area contributed by atoms with Crippen molar-refractivity contribution in [3.05, 3.63) is 65.1 Å². The number of benzene rings is 1. The van der Waals surface area contributed by atoms with E-state index >= 15 is 0 Å². The van der Waals surface area contributed by atoms with Gasteiger partial charge in [-0.3, -0.25) is 27.6 Å². The van der Waals surface area contributed by atoms with Crippen LogP contribution in [0.25, 0.3) is 11.2 Å². The van der Waals surface area contributed by atoms with Crippen LogP contribution in [0.3, 0.4) is 0 Å². The Labute approximate surface area is 413 Å². The van der Waals surface area contributed by atoms with Gasteiger partial charge in [0.1, 0.15) is 54.6 Å². The highest BCUT2D eigenvalue weighted by Gasteiger charge is 2.53. The molecule has 1 aromatic carbocycles. The Hall–Kier alpha value is -4.45. The first-order valence-electron chi connectivity index (χ1n) is 22.0. The number of phosphoric acid groups is 2. The smallest absolute Gasteiger partial charge is 0.455 e. The molecule has 71 heavy (non-hydrogen) atoms. The Morgan fingerprint density at radius 3 is 2.38 bits per heavy atom. The summed E-state index contributed by atoms with van der Waals surface area (Å²) in [5.74, 6) is -2.19. The van der Waals surface area contributed by atoms with E-state index in [-0.39, 0.29) is 46.2 Å². The van der Waals surface area contributed by atoms with Gasteiger partial charge in [-0.2, -0.15) is 10.1 Å². The van der Waals surface area contributed by atoms with Crippen LogP contribution in [0.1, 0.15) is 58.1 Å². The molecule has 10 N–H and O–H groups in total. The number of aliphatic hydroxyl groups excluding tert-OH is 1. The van der Waals surface area contributed by atoms with E-state index in [1.165, 1.54) is 58.0 Å². The molecule has 0 saturated carbocycles. The van der Waals surface area contributed by atoms with Crippen LogP contribution in [0.2, 0.25) is 0 Å². The lowest BCUT2D eigenvalue weighted by Crippen LogP contribution is -2.48. The molecule has 0 spiro atoms. The van der Waals surface area contributed by atoms with Crippen molar-refractivity contribution in [2.75, 3.05) is 49.8 Å². The van der Waals surface area contributed by atoms with Crippen molar-refractivity contribution >= 4 is 77.7 Å². The van der Waals surface area contributed by atoms with Crippen LogP contribution < -0.4 is 22.9 Å². The number of hydrogen-bond acceptors (Lipinski definition) is 23. The van der Waals surface area contributed by atoms with Crippen molar-refractivity contribution in [3.8, 4) is 0 Å². The fourth-order valence-corrected chi connectivity index (χ4v) is 11.9. The molecule has 6 heterocycles. The number of ether oxygens (including phenoxy) is 5. The van der Waals surface area contributed by atoms with Crippen LogP contribution in [0.5, 0.6) is 0 Å². The third kappa shape index (κ3) is 14.0. The summed E-state index contributed by atoms with van der Waals surface area (Å²) in [6.45, 7) is 4.31. The van der Waals surface area contributed by atoms with Gasteiger partial charge in [0.15, 0.2) is 18.0 Å². The minimum Gasteiger partial charge on any atom is -0.455 e. The third-order valence-electron chi connectivity index (χ3n) is 11.3. The molecule has 27 nitrogen and oxygen atoms in total. The number of aliphatic hydroxyl groups is 1. The minimum atomic E-state index is -5.37. The number of rotatable bonds is 20. The van der Waals surface area contributed by atoms with Gasteiger partial charge in [-0.1, -0.05) is 54.5 Å². The summed E-state index contributed by atoms with van der Waals surface area (Å²) in [7, 11) is -6.49. The largest absolute Gasteiger partial charge is 0.472 e. The van der Waals surface area contributed by atoms with E-state index in [1.54, 1.807) is 24.3 Å². The molecule has 0 aliphatic carbocycles. The molecule has 2 unspecified atom stereocenters. The Morgan fingerprint density at radius 1 is 1.00 bits per heavy atom. The maximum Gasteiger partial charge on any atom is 0.472 e. The predicted molar refractivity (Wildman–Crippen MR) is 254 cm³/mol. The third-order valence-corrected chi connectivity index (χ3v) is 16.2. The lowest BCUT2D eigenvalue weighted by Gasteiger charge is -2.30. The van der Waals surface area contributed by atoms with E-state index in [1.807, 2.05) is 20.8 Å². The van der Waals surface area contributed by atoms with Crippen molar-refractivity contribution < 1.29 is 75.8 Å². The molecule has 390 valence electrons. The number of likely N-dealkylation sites (N-methyl/N-ethyl adjacent to an activating group) is 1. The van der Waals surface area contributed by atoms with E-state index in [2.05, 4.69) is 20.2 Å². The lowest BCUT2D eigenvalue weighted by atomic mass is 9.92. The van der Waals surface area contributed by atoms with Gasteiger partial charge in [0.05, 0.1) is 37.5 Å². The summed E-state index contributed by atoms with van der Waals surface area (Å²) in [6.07, 6.45) is -7.16. The second-order valence-electron chi connectivity index (χ2n) is 17.7. The maximum absolute atomic E-state index is 14.4. The van der Waals surface area contributed by atoms with Gasteiger partial charge < -0.3 is 60.7 Å². The van der Waals surface area contributed by atoms with Crippen molar-refractivity contribution in [1.29, 1.82) is 0 Å². The van der Waals surface area contributed by atoms with Crippen LogP contribution in [0.15, 0.2) is 53.8 Å². The average Bonchev–Trinajstić information content (AvgIpc) is 4.10. The van der Waals surface area contributed by atoms with E-state index < -0.39 is 108 Å². The van der Waals surface area contributed by atoms with Gasteiger partial charge in [0.25, 0.3) is 0 Å². The molecular formula is C40H56N10O17P2S2. The maximum atomic E-state index is 14.4. The second-order valence-corrected chi connectivity index (χ2v) is 23.6. The number of esters is 1. The lowest BCUT2D eigenvalue weighted by molar-refractivity contribution is -0.161. The number of carbonyl (C=O) groups excluding carboxylic acids is 2. The van der Waals surface area contributed by atoms with E-state index in [0.717, 1.165) is 9.47 Å². The van der Waals surface area contributed by atoms with E-state index in [9.17, 15) is 43.3 Å². The van der Waals surface area contributed by atoms with Crippen molar-refractivity contribution in [1.82, 2.24) is 34.2 Å². The number of carbonyl (C=O) groups is 2. The average molecular weight is 1080 g/mol. The van der Waals surface area contributed by atoms with Crippen LogP contribution >= 0.6 is 37.2 Å². The quantitative estimate of drug-likeness (QED) is 0.0289. The fourth-order valence-electron chi connectivity index (χ4n) is 7.97. The van der Waals surface area contributed by atoms with Crippen molar-refractivity contribution in [3.63, 3.8) is 0 Å². The topological polar surface area (TPSA) is 383 Å². The van der Waals surface area contributed by atoms with Crippen LogP contribution in [0, 0.1) is 5.92 Å². The normalized spacial score (nSPS) is 26.1. The summed E-state index contributed by atoms with van der Waals surface area (Å²) >= 11 is 0. The number of aromatic nitrogens is 6. The standard InChI is InChI=1S/C40H56N10O17P2S2/c1-40(2,3)71-70-19-26(48(4)39(54)61-16-21-7-9-22(41)10-8-21)37(52)66-33-28(65-36(31(33)51)50-20-44-30-25(42)15-45-47-34(30)50)18-63-69(58,59)67-32-24(14-23-6-5-13-60-23)35(49-12-11-29(43)46-38(49)53)64-27(32)17-62-68(55,56)57/h7-12,15,20,23-24,26-28,31-33,35-36,51H,5-6,13-14,16-19,41H2,1-4H3,(H2,42,47)(H,58,59)(H2,43,46,53)(H2,55,56,57)/t23?,24-,26-,27-,28-,31-,32+,33-,35-,36-/m1/s1. The molecule has 3 aliphatic heterocycles. The molecule has 31 heteroatoms. The predicted octanol–water partition coefficient (Wildman–Crippen LogP) is 2.51. The van der Waals surface area contributed by atoms with Gasteiger partial charge in [0, 0.05) is 42.0 Å². The summed E-state index contributed by atoms with van der Waals surface area (Å²) in [5.41, 5.74) is 18.2. The van der Waals surface area contributed by atoms with Gasteiger partial charge in [-0.25, -0.2) is 28.5 Å². The zero-order valence-electron chi connectivity index (χ0n) is 38.7. The molecule has 0 radical (unpaired) electrons. The molecule has 7 rings (SSSR count). The molecule has 4 aromatic rings. The molecule has 3 saturated heterocycles. The molecule has 0 bridgehead atoms. The van der Waals surface area contributed by atoms with Gasteiger partial charge in [0.2, 0.25) is 0 Å². The minimum absolute atomic E-state index is 0.0216. The van der Waals surface area contributed by atoms with Gasteiger partial charge in [-0.05, 0) is 43.0 Å². The Bertz CT molecular complexity index is 2650. The van der Waals surface area contributed by atoms with E-state index in [0.29, 0.717) is 30.7 Å². The number of nitrogen functional groups attached to an aromatic ring is 3.